The largest absolute Gasteiger partial charge is 0.348 e. The molecule has 1 amide bonds. The first-order chi connectivity index (χ1) is 10.7. The van der Waals surface area contributed by atoms with E-state index in [0.717, 1.165) is 18.8 Å². The molecule has 1 aliphatic heterocycles. The number of benzene rings is 1. The van der Waals surface area contributed by atoms with Gasteiger partial charge in [0.05, 0.1) is 6.04 Å². The van der Waals surface area contributed by atoms with Gasteiger partial charge in [0.2, 0.25) is 5.91 Å². The maximum Gasteiger partial charge on any atom is 0.227 e. The Labute approximate surface area is 136 Å². The first-order valence-electron chi connectivity index (χ1n) is 7.71. The number of fused-ring (bicyclic) bond motifs is 1. The van der Waals surface area contributed by atoms with Gasteiger partial charge < -0.3 is 9.47 Å². The second kappa shape index (κ2) is 6.61. The van der Waals surface area contributed by atoms with Gasteiger partial charge in [-0.1, -0.05) is 37.3 Å². The Balaban J connectivity index is 1.97. The van der Waals surface area contributed by atoms with Crippen LogP contribution in [0.1, 0.15) is 24.2 Å². The summed E-state index contributed by atoms with van der Waals surface area (Å²) in [6.07, 6.45) is 4.16. The lowest BCUT2D eigenvalue weighted by molar-refractivity contribution is -0.137. The number of amides is 1. The molecule has 0 radical (unpaired) electrons. The van der Waals surface area contributed by atoms with Crippen molar-refractivity contribution in [3.63, 3.8) is 0 Å². The van der Waals surface area contributed by atoms with Crippen molar-refractivity contribution in [3.8, 4) is 0 Å². The highest BCUT2D eigenvalue weighted by Crippen LogP contribution is 2.33. The fourth-order valence-electron chi connectivity index (χ4n) is 3.21. The summed E-state index contributed by atoms with van der Waals surface area (Å²) in [5.41, 5.74) is 2.40. The molecule has 22 heavy (non-hydrogen) atoms. The van der Waals surface area contributed by atoms with E-state index < -0.39 is 0 Å². The molecule has 0 unspecified atom stereocenters. The summed E-state index contributed by atoms with van der Waals surface area (Å²) in [5, 5.41) is 0. The van der Waals surface area contributed by atoms with Crippen molar-refractivity contribution in [1.29, 1.82) is 0 Å². The maximum absolute atomic E-state index is 12.9. The number of carbonyl (C=O) groups excluding carboxylic acids is 1. The molecule has 2 aromatic rings. The van der Waals surface area contributed by atoms with Gasteiger partial charge in [-0.05, 0) is 24.0 Å². The first-order valence-corrected chi connectivity index (χ1v) is 9.11. The molecular formula is C18H22N2OS. The molecule has 3 rings (SSSR count). The lowest BCUT2D eigenvalue weighted by atomic mass is 9.98. The van der Waals surface area contributed by atoms with Crippen molar-refractivity contribution in [2.24, 2.45) is 5.92 Å². The number of rotatable bonds is 4. The Morgan fingerprint density at radius 2 is 2.00 bits per heavy atom. The van der Waals surface area contributed by atoms with E-state index in [1.54, 1.807) is 11.8 Å². The van der Waals surface area contributed by atoms with Crippen molar-refractivity contribution in [2.75, 3.05) is 18.6 Å². The number of hydrogen-bond donors (Lipinski definition) is 0. The summed E-state index contributed by atoms with van der Waals surface area (Å²) < 4.78 is 2.26. The van der Waals surface area contributed by atoms with Crippen molar-refractivity contribution < 1.29 is 4.79 Å². The van der Waals surface area contributed by atoms with Crippen LogP contribution in [-0.2, 0) is 11.3 Å². The zero-order valence-electron chi connectivity index (χ0n) is 13.1. The molecule has 0 aliphatic carbocycles. The first kappa shape index (κ1) is 15.2. The third-order valence-electron chi connectivity index (χ3n) is 4.27. The van der Waals surface area contributed by atoms with E-state index in [1.165, 1.54) is 11.3 Å². The molecular weight excluding hydrogens is 292 g/mol. The standard InChI is InChI=1S/C18H22N2OS/c1-14(13-22-2)18(21)20-12-11-19-10-6-9-16(19)17(20)15-7-4-3-5-8-15/h3-10,14,17H,11-13H2,1-2H3/t14-,17+/m1/s1. The van der Waals surface area contributed by atoms with E-state index in [0.29, 0.717) is 0 Å². The molecule has 3 nitrogen and oxygen atoms in total. The van der Waals surface area contributed by atoms with Crippen LogP contribution < -0.4 is 0 Å². The van der Waals surface area contributed by atoms with E-state index >= 15 is 0 Å². The van der Waals surface area contributed by atoms with E-state index in [4.69, 9.17) is 0 Å². The minimum absolute atomic E-state index is 0.0294. The number of thioether (sulfide) groups is 1. The fourth-order valence-corrected chi connectivity index (χ4v) is 3.85. The molecule has 2 heterocycles. The molecule has 0 saturated carbocycles. The number of carbonyl (C=O) groups is 1. The number of aromatic nitrogens is 1. The molecule has 1 aromatic heterocycles. The lowest BCUT2D eigenvalue weighted by Crippen LogP contribution is -2.45. The average molecular weight is 314 g/mol. The van der Waals surface area contributed by atoms with Gasteiger partial charge in [-0.3, -0.25) is 4.79 Å². The summed E-state index contributed by atoms with van der Waals surface area (Å²) in [7, 11) is 0. The summed E-state index contributed by atoms with van der Waals surface area (Å²) in [5.74, 6) is 1.19. The van der Waals surface area contributed by atoms with Crippen LogP contribution in [0.2, 0.25) is 0 Å². The lowest BCUT2D eigenvalue weighted by Gasteiger charge is -2.38. The fraction of sp³-hybridized carbons (Fsp3) is 0.389. The molecule has 0 fully saturated rings. The topological polar surface area (TPSA) is 25.2 Å². The van der Waals surface area contributed by atoms with Crippen molar-refractivity contribution in [1.82, 2.24) is 9.47 Å². The minimum Gasteiger partial charge on any atom is -0.348 e. The molecule has 2 atom stereocenters. The minimum atomic E-state index is 0.0294. The Hall–Kier alpha value is -1.68. The van der Waals surface area contributed by atoms with Gasteiger partial charge in [0, 0.05) is 36.7 Å². The Bertz CT molecular complexity index is 638. The van der Waals surface area contributed by atoms with Gasteiger partial charge in [0.25, 0.3) is 0 Å². The maximum atomic E-state index is 12.9. The van der Waals surface area contributed by atoms with E-state index in [9.17, 15) is 4.79 Å². The van der Waals surface area contributed by atoms with Crippen LogP contribution >= 0.6 is 11.8 Å². The quantitative estimate of drug-likeness (QED) is 0.864. The zero-order chi connectivity index (χ0) is 15.5. The predicted octanol–water partition coefficient (Wildman–Crippen LogP) is 3.42. The molecule has 1 aromatic carbocycles. The van der Waals surface area contributed by atoms with Crippen molar-refractivity contribution in [2.45, 2.75) is 19.5 Å². The number of hydrogen-bond acceptors (Lipinski definition) is 2. The SMILES string of the molecule is CSC[C@@H](C)C(=O)N1CCn2cccc2[C@@H]1c1ccccc1. The van der Waals surface area contributed by atoms with Crippen LogP contribution in [0.3, 0.4) is 0 Å². The molecule has 0 saturated heterocycles. The van der Waals surface area contributed by atoms with Gasteiger partial charge in [-0.2, -0.15) is 11.8 Å². The Morgan fingerprint density at radius 3 is 2.73 bits per heavy atom. The van der Waals surface area contributed by atoms with E-state index in [2.05, 4.69) is 46.2 Å². The van der Waals surface area contributed by atoms with Gasteiger partial charge >= 0.3 is 0 Å². The van der Waals surface area contributed by atoms with Gasteiger partial charge in [0.1, 0.15) is 0 Å². The molecule has 1 aliphatic rings. The smallest absolute Gasteiger partial charge is 0.227 e. The summed E-state index contributed by atoms with van der Waals surface area (Å²) >= 11 is 1.73. The third-order valence-corrected chi connectivity index (χ3v) is 5.11. The highest BCUT2D eigenvalue weighted by Gasteiger charge is 2.33. The van der Waals surface area contributed by atoms with Gasteiger partial charge in [0.15, 0.2) is 0 Å². The van der Waals surface area contributed by atoms with Crippen LogP contribution in [0, 0.1) is 5.92 Å². The summed E-state index contributed by atoms with van der Waals surface area (Å²) in [6, 6.07) is 14.6. The molecule has 116 valence electrons. The van der Waals surface area contributed by atoms with Crippen LogP contribution in [0.5, 0.6) is 0 Å². The second-order valence-electron chi connectivity index (χ2n) is 5.83. The third kappa shape index (κ3) is 2.80. The average Bonchev–Trinajstić information content (AvgIpc) is 3.02. The highest BCUT2D eigenvalue weighted by atomic mass is 32.2. The van der Waals surface area contributed by atoms with Gasteiger partial charge in [-0.15, -0.1) is 0 Å². The van der Waals surface area contributed by atoms with Crippen LogP contribution in [0.15, 0.2) is 48.7 Å². The zero-order valence-corrected chi connectivity index (χ0v) is 13.9. The number of nitrogens with zero attached hydrogens (tertiary/aromatic N) is 2. The summed E-state index contributed by atoms with van der Waals surface area (Å²) in [6.45, 7) is 3.69. The molecule has 4 heteroatoms. The predicted molar refractivity (Wildman–Crippen MR) is 92.0 cm³/mol. The van der Waals surface area contributed by atoms with E-state index in [1.807, 2.05) is 25.1 Å². The van der Waals surface area contributed by atoms with Crippen LogP contribution in [0.4, 0.5) is 0 Å². The van der Waals surface area contributed by atoms with Crippen molar-refractivity contribution in [3.05, 3.63) is 59.9 Å². The molecule has 0 N–H and O–H groups in total. The van der Waals surface area contributed by atoms with Crippen LogP contribution in [-0.4, -0.2) is 33.9 Å². The van der Waals surface area contributed by atoms with E-state index in [-0.39, 0.29) is 17.9 Å². The highest BCUT2D eigenvalue weighted by molar-refractivity contribution is 7.98. The second-order valence-corrected chi connectivity index (χ2v) is 6.74. The van der Waals surface area contributed by atoms with Crippen molar-refractivity contribution >= 4 is 17.7 Å². The Kier molecular flexibility index (Phi) is 4.57. The normalized spacial score (nSPS) is 18.8. The monoisotopic (exact) mass is 314 g/mol. The van der Waals surface area contributed by atoms with Crippen LogP contribution in [0.25, 0.3) is 0 Å². The Morgan fingerprint density at radius 1 is 1.23 bits per heavy atom. The molecule has 0 bridgehead atoms. The van der Waals surface area contributed by atoms with Gasteiger partial charge in [-0.25, -0.2) is 0 Å². The molecule has 0 spiro atoms. The summed E-state index contributed by atoms with van der Waals surface area (Å²) in [4.78, 5) is 15.0.